The highest BCUT2D eigenvalue weighted by Gasteiger charge is 2.38. The lowest BCUT2D eigenvalue weighted by Gasteiger charge is -2.31. The van der Waals surface area contributed by atoms with Crippen LogP contribution in [0.4, 0.5) is 0 Å². The van der Waals surface area contributed by atoms with Gasteiger partial charge in [0.1, 0.15) is 24.0 Å². The summed E-state index contributed by atoms with van der Waals surface area (Å²) >= 11 is 0. The number of nitrogens with two attached hydrogens (primary N) is 1. The Labute approximate surface area is 194 Å². The van der Waals surface area contributed by atoms with Crippen LogP contribution in [-0.4, -0.2) is 12.9 Å². The fraction of sp³-hybridized carbons (Fsp3) is 0.333. The van der Waals surface area contributed by atoms with Crippen molar-refractivity contribution >= 4 is 5.78 Å². The highest BCUT2D eigenvalue weighted by Crippen LogP contribution is 2.45. The standard InChI is InChI=1S/C27H28N2O4/c1-15-10-16(2)20(17(3)11-15)14-32-22-9-8-18(12-24(22)31-4)25-19(13-28)27(29)33-23-7-5-6-21(30)26(23)25/h8-12,25H,5-7,14,29H2,1-4H3. The number of ether oxygens (including phenoxy) is 3. The summed E-state index contributed by atoms with van der Waals surface area (Å²) in [5, 5.41) is 9.77. The van der Waals surface area contributed by atoms with Crippen LogP contribution in [0.1, 0.15) is 53.0 Å². The van der Waals surface area contributed by atoms with Crippen LogP contribution in [0.25, 0.3) is 0 Å². The van der Waals surface area contributed by atoms with E-state index in [2.05, 4.69) is 39.0 Å². The monoisotopic (exact) mass is 444 g/mol. The van der Waals surface area contributed by atoms with Crippen LogP contribution >= 0.6 is 0 Å². The third-order valence-corrected chi connectivity index (χ3v) is 6.34. The van der Waals surface area contributed by atoms with Gasteiger partial charge < -0.3 is 19.9 Å². The summed E-state index contributed by atoms with van der Waals surface area (Å²) < 4.78 is 17.4. The number of aryl methyl sites for hydroxylation is 3. The van der Waals surface area contributed by atoms with E-state index in [1.165, 1.54) is 16.7 Å². The number of nitriles is 1. The largest absolute Gasteiger partial charge is 0.493 e. The molecule has 1 unspecified atom stereocenters. The molecule has 1 heterocycles. The van der Waals surface area contributed by atoms with Crippen molar-refractivity contribution in [2.45, 2.75) is 52.6 Å². The van der Waals surface area contributed by atoms with Gasteiger partial charge in [0.15, 0.2) is 17.3 Å². The van der Waals surface area contributed by atoms with Gasteiger partial charge in [-0.05, 0) is 61.6 Å². The van der Waals surface area contributed by atoms with Gasteiger partial charge in [0.05, 0.1) is 13.0 Å². The summed E-state index contributed by atoms with van der Waals surface area (Å²) in [5.41, 5.74) is 12.3. The van der Waals surface area contributed by atoms with Gasteiger partial charge in [0, 0.05) is 18.4 Å². The minimum atomic E-state index is -0.573. The van der Waals surface area contributed by atoms with Gasteiger partial charge in [0.25, 0.3) is 0 Å². The normalized spacial score (nSPS) is 17.9. The molecule has 0 saturated heterocycles. The Hall–Kier alpha value is -3.72. The maximum Gasteiger partial charge on any atom is 0.205 e. The van der Waals surface area contributed by atoms with Crippen LogP contribution in [0.15, 0.2) is 53.1 Å². The Morgan fingerprint density at radius 1 is 1.12 bits per heavy atom. The molecule has 33 heavy (non-hydrogen) atoms. The van der Waals surface area contributed by atoms with E-state index >= 15 is 0 Å². The van der Waals surface area contributed by atoms with Gasteiger partial charge >= 0.3 is 0 Å². The van der Waals surface area contributed by atoms with E-state index in [0.717, 1.165) is 11.1 Å². The van der Waals surface area contributed by atoms with E-state index in [-0.39, 0.29) is 17.2 Å². The van der Waals surface area contributed by atoms with Crippen LogP contribution in [0.3, 0.4) is 0 Å². The molecule has 2 aromatic rings. The molecule has 1 aliphatic heterocycles. The van der Waals surface area contributed by atoms with Gasteiger partial charge in [0.2, 0.25) is 5.88 Å². The van der Waals surface area contributed by atoms with E-state index in [4.69, 9.17) is 19.9 Å². The number of ketones is 1. The molecule has 6 nitrogen and oxygen atoms in total. The first kappa shape index (κ1) is 22.5. The number of allylic oxidation sites excluding steroid dienone is 3. The number of carbonyl (C=O) groups is 1. The number of benzene rings is 2. The summed E-state index contributed by atoms with van der Waals surface area (Å²) in [6.07, 6.45) is 1.78. The number of rotatable bonds is 5. The fourth-order valence-electron chi connectivity index (χ4n) is 4.76. The predicted molar refractivity (Wildman–Crippen MR) is 125 cm³/mol. The minimum Gasteiger partial charge on any atom is -0.493 e. The molecule has 2 N–H and O–H groups in total. The van der Waals surface area contributed by atoms with Crippen molar-refractivity contribution in [3.8, 4) is 17.6 Å². The van der Waals surface area contributed by atoms with E-state index in [1.54, 1.807) is 7.11 Å². The van der Waals surface area contributed by atoms with E-state index < -0.39 is 5.92 Å². The Balaban J connectivity index is 1.69. The predicted octanol–water partition coefficient (Wildman–Crippen LogP) is 5.01. The molecule has 0 saturated carbocycles. The SMILES string of the molecule is COc1cc(C2C(C#N)=C(N)OC3=C2C(=O)CCC3)ccc1OCc1c(C)cc(C)cc1C. The molecule has 4 rings (SSSR count). The smallest absolute Gasteiger partial charge is 0.205 e. The number of Topliss-reactive ketones (excluding diaryl/α,β-unsaturated/α-hetero) is 1. The van der Waals surface area contributed by atoms with Crippen molar-refractivity contribution < 1.29 is 19.0 Å². The van der Waals surface area contributed by atoms with Gasteiger partial charge in [-0.2, -0.15) is 5.26 Å². The quantitative estimate of drug-likeness (QED) is 0.696. The average Bonchev–Trinajstić information content (AvgIpc) is 2.77. The molecule has 1 atom stereocenters. The fourth-order valence-corrected chi connectivity index (χ4v) is 4.76. The third-order valence-electron chi connectivity index (χ3n) is 6.34. The maximum atomic E-state index is 12.8. The first-order valence-corrected chi connectivity index (χ1v) is 11.0. The molecule has 2 aromatic carbocycles. The molecule has 0 bridgehead atoms. The van der Waals surface area contributed by atoms with Crippen molar-refractivity contribution in [3.63, 3.8) is 0 Å². The van der Waals surface area contributed by atoms with E-state index in [0.29, 0.717) is 48.7 Å². The van der Waals surface area contributed by atoms with E-state index in [9.17, 15) is 10.1 Å². The zero-order valence-electron chi connectivity index (χ0n) is 19.5. The van der Waals surface area contributed by atoms with Gasteiger partial charge in [-0.25, -0.2) is 0 Å². The second-order valence-electron chi connectivity index (χ2n) is 8.61. The molecular weight excluding hydrogens is 416 g/mol. The highest BCUT2D eigenvalue weighted by atomic mass is 16.5. The molecule has 0 fully saturated rings. The Morgan fingerprint density at radius 2 is 1.85 bits per heavy atom. The molecule has 0 amide bonds. The van der Waals surface area contributed by atoms with Crippen LogP contribution in [-0.2, 0) is 16.1 Å². The lowest BCUT2D eigenvalue weighted by atomic mass is 9.77. The lowest BCUT2D eigenvalue weighted by Crippen LogP contribution is -2.27. The summed E-state index contributed by atoms with van der Waals surface area (Å²) in [7, 11) is 1.57. The van der Waals surface area contributed by atoms with Crippen LogP contribution in [0.5, 0.6) is 11.5 Å². The first-order valence-electron chi connectivity index (χ1n) is 11.0. The molecule has 0 aromatic heterocycles. The van der Waals surface area contributed by atoms with Crippen molar-refractivity contribution in [1.29, 1.82) is 5.26 Å². The molecule has 170 valence electrons. The maximum absolute atomic E-state index is 12.8. The summed E-state index contributed by atoms with van der Waals surface area (Å²) in [5.74, 6) is 1.16. The number of nitrogens with zero attached hydrogens (tertiary/aromatic N) is 1. The van der Waals surface area contributed by atoms with Crippen LogP contribution < -0.4 is 15.2 Å². The molecule has 0 spiro atoms. The van der Waals surface area contributed by atoms with Gasteiger partial charge in [-0.3, -0.25) is 4.79 Å². The second-order valence-corrected chi connectivity index (χ2v) is 8.61. The number of methoxy groups -OCH3 is 1. The van der Waals surface area contributed by atoms with Crippen LogP contribution in [0.2, 0.25) is 0 Å². The number of hydrogen-bond acceptors (Lipinski definition) is 6. The van der Waals surface area contributed by atoms with E-state index in [1.807, 2.05) is 18.2 Å². The van der Waals surface area contributed by atoms with Crippen molar-refractivity contribution in [2.24, 2.45) is 5.73 Å². The minimum absolute atomic E-state index is 0.00823. The third kappa shape index (κ3) is 4.19. The van der Waals surface area contributed by atoms with Gasteiger partial charge in [-0.15, -0.1) is 0 Å². The topological polar surface area (TPSA) is 94.6 Å². The highest BCUT2D eigenvalue weighted by molar-refractivity contribution is 5.99. The molecule has 2 aliphatic rings. The summed E-state index contributed by atoms with van der Waals surface area (Å²) in [4.78, 5) is 12.8. The zero-order chi connectivity index (χ0) is 23.7. The molecular formula is C27H28N2O4. The molecule has 1 aliphatic carbocycles. The lowest BCUT2D eigenvalue weighted by molar-refractivity contribution is -0.116. The van der Waals surface area contributed by atoms with Gasteiger partial charge in [-0.1, -0.05) is 23.8 Å². The van der Waals surface area contributed by atoms with Crippen molar-refractivity contribution in [2.75, 3.05) is 7.11 Å². The zero-order valence-corrected chi connectivity index (χ0v) is 19.5. The number of hydrogen-bond donors (Lipinski definition) is 1. The summed E-state index contributed by atoms with van der Waals surface area (Å²) in [6.45, 7) is 6.65. The van der Waals surface area contributed by atoms with Crippen molar-refractivity contribution in [1.82, 2.24) is 0 Å². The summed E-state index contributed by atoms with van der Waals surface area (Å²) in [6, 6.07) is 11.9. The second kappa shape index (κ2) is 9.03. The first-order chi connectivity index (χ1) is 15.8. The van der Waals surface area contributed by atoms with Crippen LogP contribution in [0, 0.1) is 32.1 Å². The average molecular weight is 445 g/mol. The number of carbonyl (C=O) groups excluding carboxylic acids is 1. The Morgan fingerprint density at radius 3 is 2.52 bits per heavy atom. The van der Waals surface area contributed by atoms with Crippen molar-refractivity contribution in [3.05, 3.63) is 80.9 Å². The molecule has 6 heteroatoms. The Kier molecular flexibility index (Phi) is 6.15. The molecule has 0 radical (unpaired) electrons. The Bertz CT molecular complexity index is 1210.